The second-order valence-electron chi connectivity index (χ2n) is 6.47. The molecule has 0 bridgehead atoms. The van der Waals surface area contributed by atoms with Crippen LogP contribution in [0.2, 0.25) is 5.02 Å². The van der Waals surface area contributed by atoms with Crippen LogP contribution in [0.3, 0.4) is 0 Å². The van der Waals surface area contributed by atoms with Crippen LogP contribution in [-0.2, 0) is 19.6 Å². The van der Waals surface area contributed by atoms with Crippen molar-refractivity contribution in [1.29, 1.82) is 0 Å². The third-order valence-electron chi connectivity index (χ3n) is 4.55. The molecule has 0 spiro atoms. The molecule has 2 aromatic rings. The lowest BCUT2D eigenvalue weighted by molar-refractivity contribution is -0.134. The minimum atomic E-state index is -4.09. The lowest BCUT2D eigenvalue weighted by atomic mass is 10.2. The van der Waals surface area contributed by atoms with E-state index >= 15 is 0 Å². The van der Waals surface area contributed by atoms with Crippen LogP contribution in [0.25, 0.3) is 0 Å². The van der Waals surface area contributed by atoms with Crippen LogP contribution < -0.4 is 10.0 Å². The summed E-state index contributed by atoms with van der Waals surface area (Å²) in [4.78, 5) is 28.0. The van der Waals surface area contributed by atoms with Crippen molar-refractivity contribution in [2.24, 2.45) is 5.14 Å². The molecule has 154 valence electrons. The zero-order chi connectivity index (χ0) is 21.0. The van der Waals surface area contributed by atoms with Crippen molar-refractivity contribution in [1.82, 2.24) is 4.90 Å². The molecule has 1 amide bonds. The molecule has 0 saturated carbocycles. The molecule has 0 aromatic heterocycles. The first-order chi connectivity index (χ1) is 13.8. The third kappa shape index (κ3) is 5.26. The van der Waals surface area contributed by atoms with Crippen LogP contribution in [0.15, 0.2) is 53.4 Å². The molecular weight excluding hydrogens is 418 g/mol. The standard InChI is InChI=1S/C19H20ClN3O5S/c20-16-7-6-14(12-17(16)29(21,26)27)19(25)28-13-18(24)23-10-8-22(9-11-23)15-4-2-1-3-5-15/h1-7,12H,8-11,13H2,(H2,21,26,27). The lowest BCUT2D eigenvalue weighted by Gasteiger charge is -2.36. The van der Waals surface area contributed by atoms with E-state index in [4.69, 9.17) is 21.5 Å². The first-order valence-corrected chi connectivity index (χ1v) is 10.8. The summed E-state index contributed by atoms with van der Waals surface area (Å²) in [6.45, 7) is 1.96. The average Bonchev–Trinajstić information content (AvgIpc) is 2.72. The van der Waals surface area contributed by atoms with Gasteiger partial charge in [-0.15, -0.1) is 0 Å². The maximum Gasteiger partial charge on any atom is 0.338 e. The number of para-hydroxylation sites is 1. The van der Waals surface area contributed by atoms with E-state index in [9.17, 15) is 18.0 Å². The van der Waals surface area contributed by atoms with Gasteiger partial charge in [-0.3, -0.25) is 4.79 Å². The summed E-state index contributed by atoms with van der Waals surface area (Å²) in [5.74, 6) is -1.14. The maximum absolute atomic E-state index is 12.4. The molecule has 1 aliphatic rings. The van der Waals surface area contributed by atoms with Crippen molar-refractivity contribution in [3.05, 3.63) is 59.1 Å². The van der Waals surface area contributed by atoms with Gasteiger partial charge in [0.05, 0.1) is 10.6 Å². The van der Waals surface area contributed by atoms with Crippen LogP contribution in [0.5, 0.6) is 0 Å². The fourth-order valence-corrected chi connectivity index (χ4v) is 4.07. The highest BCUT2D eigenvalue weighted by Crippen LogP contribution is 2.22. The van der Waals surface area contributed by atoms with Gasteiger partial charge in [0.2, 0.25) is 10.0 Å². The fraction of sp³-hybridized carbons (Fsp3) is 0.263. The van der Waals surface area contributed by atoms with Crippen LogP contribution >= 0.6 is 11.6 Å². The molecule has 0 aliphatic carbocycles. The molecule has 2 aromatic carbocycles. The highest BCUT2D eigenvalue weighted by atomic mass is 35.5. The molecule has 1 heterocycles. The Morgan fingerprint density at radius 2 is 1.69 bits per heavy atom. The summed E-state index contributed by atoms with van der Waals surface area (Å²) in [5, 5.41) is 4.97. The smallest absolute Gasteiger partial charge is 0.338 e. The van der Waals surface area contributed by atoms with Crippen LogP contribution in [-0.4, -0.2) is 58.0 Å². The van der Waals surface area contributed by atoms with Gasteiger partial charge in [0.15, 0.2) is 6.61 Å². The van der Waals surface area contributed by atoms with E-state index < -0.39 is 22.6 Å². The van der Waals surface area contributed by atoms with Gasteiger partial charge >= 0.3 is 5.97 Å². The summed E-state index contributed by atoms with van der Waals surface area (Å²) >= 11 is 5.79. The number of piperazine rings is 1. The van der Waals surface area contributed by atoms with Gasteiger partial charge < -0.3 is 14.5 Å². The Kier molecular flexibility index (Phi) is 6.41. The van der Waals surface area contributed by atoms with E-state index in [1.807, 2.05) is 30.3 Å². The molecule has 1 saturated heterocycles. The second kappa shape index (κ2) is 8.81. The molecule has 0 atom stereocenters. The average molecular weight is 438 g/mol. The molecule has 1 fully saturated rings. The summed E-state index contributed by atoms with van der Waals surface area (Å²) < 4.78 is 28.1. The van der Waals surface area contributed by atoms with Gasteiger partial charge in [-0.1, -0.05) is 29.8 Å². The minimum Gasteiger partial charge on any atom is -0.452 e. The van der Waals surface area contributed by atoms with Crippen molar-refractivity contribution < 1.29 is 22.7 Å². The number of sulfonamides is 1. The van der Waals surface area contributed by atoms with Crippen molar-refractivity contribution >= 4 is 39.2 Å². The van der Waals surface area contributed by atoms with Gasteiger partial charge in [-0.05, 0) is 30.3 Å². The first-order valence-electron chi connectivity index (χ1n) is 8.83. The highest BCUT2D eigenvalue weighted by molar-refractivity contribution is 7.89. The number of hydrogen-bond donors (Lipinski definition) is 1. The Hall–Kier alpha value is -2.62. The third-order valence-corrected chi connectivity index (χ3v) is 5.95. The Bertz CT molecular complexity index is 1010. The molecule has 3 rings (SSSR count). The van der Waals surface area contributed by atoms with Crippen molar-refractivity contribution in [3.8, 4) is 0 Å². The van der Waals surface area contributed by atoms with Crippen LogP contribution in [0.1, 0.15) is 10.4 Å². The Balaban J connectivity index is 1.54. The van der Waals surface area contributed by atoms with Crippen LogP contribution in [0.4, 0.5) is 5.69 Å². The van der Waals surface area contributed by atoms with Gasteiger partial charge in [-0.25, -0.2) is 18.4 Å². The maximum atomic E-state index is 12.4. The summed E-state index contributed by atoms with van der Waals surface area (Å²) in [6, 6.07) is 13.5. The number of anilines is 1. The molecule has 1 aliphatic heterocycles. The van der Waals surface area contributed by atoms with E-state index in [1.54, 1.807) is 4.90 Å². The van der Waals surface area contributed by atoms with E-state index in [0.29, 0.717) is 26.2 Å². The quantitative estimate of drug-likeness (QED) is 0.709. The first kappa shape index (κ1) is 21.1. The zero-order valence-corrected chi connectivity index (χ0v) is 17.0. The number of amides is 1. The Morgan fingerprint density at radius 1 is 1.03 bits per heavy atom. The largest absolute Gasteiger partial charge is 0.452 e. The number of benzene rings is 2. The molecule has 2 N–H and O–H groups in total. The van der Waals surface area contributed by atoms with Gasteiger partial charge in [0.25, 0.3) is 5.91 Å². The highest BCUT2D eigenvalue weighted by Gasteiger charge is 2.23. The van der Waals surface area contributed by atoms with E-state index in [0.717, 1.165) is 11.8 Å². The van der Waals surface area contributed by atoms with Crippen molar-refractivity contribution in [3.63, 3.8) is 0 Å². The number of ether oxygens (including phenoxy) is 1. The summed E-state index contributed by atoms with van der Waals surface area (Å²) in [7, 11) is -4.09. The molecule has 0 unspecified atom stereocenters. The number of rotatable bonds is 5. The SMILES string of the molecule is NS(=O)(=O)c1cc(C(=O)OCC(=O)N2CCN(c3ccccc3)CC2)ccc1Cl. The van der Waals surface area contributed by atoms with E-state index in [1.165, 1.54) is 12.1 Å². The molecule has 8 nitrogen and oxygen atoms in total. The van der Waals surface area contributed by atoms with Crippen molar-refractivity contribution in [2.45, 2.75) is 4.90 Å². The monoisotopic (exact) mass is 437 g/mol. The van der Waals surface area contributed by atoms with Gasteiger partial charge in [0.1, 0.15) is 4.90 Å². The predicted molar refractivity (Wildman–Crippen MR) is 108 cm³/mol. The topological polar surface area (TPSA) is 110 Å². The second-order valence-corrected chi connectivity index (χ2v) is 8.41. The van der Waals surface area contributed by atoms with Crippen molar-refractivity contribution in [2.75, 3.05) is 37.7 Å². The number of esters is 1. The molecule has 0 radical (unpaired) electrons. The van der Waals surface area contributed by atoms with E-state index in [-0.39, 0.29) is 21.4 Å². The van der Waals surface area contributed by atoms with Gasteiger partial charge in [0, 0.05) is 31.9 Å². The normalized spacial score (nSPS) is 14.6. The number of primary sulfonamides is 1. The molecule has 29 heavy (non-hydrogen) atoms. The number of halogens is 1. The summed E-state index contributed by atoms with van der Waals surface area (Å²) in [6.07, 6.45) is 0. The number of carbonyl (C=O) groups is 2. The Morgan fingerprint density at radius 3 is 2.31 bits per heavy atom. The molecule has 10 heteroatoms. The Labute approximate surface area is 173 Å². The fourth-order valence-electron chi connectivity index (χ4n) is 3.00. The number of carbonyl (C=O) groups excluding carboxylic acids is 2. The number of nitrogens with zero attached hydrogens (tertiary/aromatic N) is 2. The predicted octanol–water partition coefficient (Wildman–Crippen LogP) is 1.49. The zero-order valence-electron chi connectivity index (χ0n) is 15.5. The van der Waals surface area contributed by atoms with Crippen LogP contribution in [0, 0.1) is 0 Å². The number of nitrogens with two attached hydrogens (primary N) is 1. The summed E-state index contributed by atoms with van der Waals surface area (Å²) in [5.41, 5.74) is 1.04. The van der Waals surface area contributed by atoms with E-state index in [2.05, 4.69) is 4.90 Å². The lowest BCUT2D eigenvalue weighted by Crippen LogP contribution is -2.49. The molecular formula is C19H20ClN3O5S. The van der Waals surface area contributed by atoms with Gasteiger partial charge in [-0.2, -0.15) is 0 Å². The minimum absolute atomic E-state index is 0.0554. The number of hydrogen-bond acceptors (Lipinski definition) is 6.